The van der Waals surface area contributed by atoms with Crippen LogP contribution in [0.1, 0.15) is 0 Å². The number of benzene rings is 1. The van der Waals surface area contributed by atoms with E-state index in [1.807, 2.05) is 0 Å². The van der Waals surface area contributed by atoms with Gasteiger partial charge in [-0.05, 0) is 12.1 Å². The average molecular weight is 305 g/mol. The molecule has 6 nitrogen and oxygen atoms in total. The topological polar surface area (TPSA) is 120 Å². The highest BCUT2D eigenvalue weighted by atomic mass is 35.5. The van der Waals surface area contributed by atoms with Crippen molar-refractivity contribution in [1.29, 1.82) is 0 Å². The lowest BCUT2D eigenvalue weighted by Crippen LogP contribution is -2.16. The van der Waals surface area contributed by atoms with Crippen molar-refractivity contribution in [3.8, 4) is 0 Å². The molecule has 0 spiro atoms. The summed E-state index contributed by atoms with van der Waals surface area (Å²) >= 11 is 11.1. The van der Waals surface area contributed by atoms with Gasteiger partial charge in [-0.1, -0.05) is 23.2 Å². The van der Waals surface area contributed by atoms with Crippen molar-refractivity contribution >= 4 is 43.2 Å². The van der Waals surface area contributed by atoms with Gasteiger partial charge < -0.3 is 0 Å². The molecule has 0 aliphatic heterocycles. The molecule has 1 aromatic rings. The van der Waals surface area contributed by atoms with Crippen molar-refractivity contribution in [1.82, 2.24) is 0 Å². The van der Waals surface area contributed by atoms with E-state index in [1.165, 1.54) is 0 Å². The molecule has 0 amide bonds. The summed E-state index contributed by atoms with van der Waals surface area (Å²) in [6.45, 7) is 0. The molecule has 0 heterocycles. The molecule has 0 aliphatic carbocycles. The SMILES string of the molecule is NS(=O)(=O)c1cc(Cl)c(S(N)(=O)=O)cc1Cl. The summed E-state index contributed by atoms with van der Waals surface area (Å²) < 4.78 is 44.1. The predicted octanol–water partition coefficient (Wildman–Crippen LogP) is 0.288. The molecule has 0 fully saturated rings. The summed E-state index contributed by atoms with van der Waals surface area (Å²) in [5, 5.41) is 8.94. The highest BCUT2D eigenvalue weighted by Crippen LogP contribution is 2.29. The lowest BCUT2D eigenvalue weighted by molar-refractivity contribution is 0.594. The molecule has 90 valence electrons. The number of sulfonamides is 2. The smallest absolute Gasteiger partial charge is 0.225 e. The first kappa shape index (κ1) is 13.7. The number of hydrogen-bond donors (Lipinski definition) is 2. The lowest BCUT2D eigenvalue weighted by Gasteiger charge is -2.06. The van der Waals surface area contributed by atoms with Gasteiger partial charge in [0.05, 0.1) is 10.0 Å². The van der Waals surface area contributed by atoms with Crippen molar-refractivity contribution in [2.24, 2.45) is 10.3 Å². The fourth-order valence-electron chi connectivity index (χ4n) is 0.946. The molecule has 0 unspecified atom stereocenters. The molecule has 0 aromatic heterocycles. The summed E-state index contributed by atoms with van der Waals surface area (Å²) in [4.78, 5) is -0.932. The Hall–Kier alpha value is -0.380. The molecule has 0 aliphatic rings. The first-order valence-electron chi connectivity index (χ1n) is 3.58. The van der Waals surface area contributed by atoms with E-state index in [1.54, 1.807) is 0 Å². The quantitative estimate of drug-likeness (QED) is 0.815. The van der Waals surface area contributed by atoms with E-state index in [0.717, 1.165) is 12.1 Å². The Morgan fingerprint density at radius 1 is 0.812 bits per heavy atom. The Labute approximate surface area is 102 Å². The molecular weight excluding hydrogens is 299 g/mol. The van der Waals surface area contributed by atoms with Crippen LogP contribution in [0, 0.1) is 0 Å². The summed E-state index contributed by atoms with van der Waals surface area (Å²) in [5.41, 5.74) is 0. The van der Waals surface area contributed by atoms with E-state index in [2.05, 4.69) is 0 Å². The third kappa shape index (κ3) is 2.84. The van der Waals surface area contributed by atoms with Gasteiger partial charge in [-0.15, -0.1) is 0 Å². The zero-order chi connectivity index (χ0) is 12.7. The minimum Gasteiger partial charge on any atom is -0.225 e. The van der Waals surface area contributed by atoms with Crippen LogP contribution in [0.4, 0.5) is 0 Å². The van der Waals surface area contributed by atoms with E-state index in [0.29, 0.717) is 0 Å². The maximum Gasteiger partial charge on any atom is 0.239 e. The maximum absolute atomic E-state index is 11.0. The Balaban J connectivity index is 3.65. The second-order valence-corrected chi connectivity index (χ2v) is 6.68. The second-order valence-electron chi connectivity index (χ2n) is 2.80. The van der Waals surface area contributed by atoms with Crippen LogP contribution in [0.5, 0.6) is 0 Å². The number of rotatable bonds is 2. The largest absolute Gasteiger partial charge is 0.239 e. The highest BCUT2D eigenvalue weighted by Gasteiger charge is 2.20. The fraction of sp³-hybridized carbons (Fsp3) is 0. The zero-order valence-corrected chi connectivity index (χ0v) is 10.7. The summed E-state index contributed by atoms with van der Waals surface area (Å²) in [7, 11) is -8.14. The van der Waals surface area contributed by atoms with Crippen LogP contribution < -0.4 is 10.3 Å². The Morgan fingerprint density at radius 2 is 1.06 bits per heavy atom. The third-order valence-corrected chi connectivity index (χ3v) is 4.35. The molecule has 0 saturated heterocycles. The van der Waals surface area contributed by atoms with Crippen LogP contribution in [0.25, 0.3) is 0 Å². The normalized spacial score (nSPS) is 12.8. The lowest BCUT2D eigenvalue weighted by atomic mass is 10.3. The van der Waals surface area contributed by atoms with Crippen LogP contribution in [-0.2, 0) is 20.0 Å². The Morgan fingerprint density at radius 3 is 1.25 bits per heavy atom. The van der Waals surface area contributed by atoms with Crippen molar-refractivity contribution in [3.05, 3.63) is 22.2 Å². The van der Waals surface area contributed by atoms with Gasteiger partial charge in [0.2, 0.25) is 20.0 Å². The van der Waals surface area contributed by atoms with Gasteiger partial charge in [-0.25, -0.2) is 27.1 Å². The van der Waals surface area contributed by atoms with Crippen LogP contribution >= 0.6 is 23.2 Å². The fourth-order valence-corrected chi connectivity index (χ4v) is 3.27. The first-order chi connectivity index (χ1) is 7.03. The van der Waals surface area contributed by atoms with Gasteiger partial charge in [0.15, 0.2) is 0 Å². The standard InChI is InChI=1S/C6H6Cl2N2O4S2/c7-3-1-5(15(9,11)12)4(8)2-6(3)16(10,13)14/h1-2H,(H2,9,11,12)(H2,10,13,14). The van der Waals surface area contributed by atoms with E-state index < -0.39 is 29.8 Å². The van der Waals surface area contributed by atoms with Gasteiger partial charge >= 0.3 is 0 Å². The van der Waals surface area contributed by atoms with Crippen LogP contribution in [0.2, 0.25) is 10.0 Å². The van der Waals surface area contributed by atoms with Crippen molar-refractivity contribution in [2.75, 3.05) is 0 Å². The van der Waals surface area contributed by atoms with Crippen molar-refractivity contribution in [3.63, 3.8) is 0 Å². The van der Waals surface area contributed by atoms with E-state index in [4.69, 9.17) is 33.5 Å². The van der Waals surface area contributed by atoms with Gasteiger partial charge in [-0.3, -0.25) is 0 Å². The number of primary sulfonamides is 2. The van der Waals surface area contributed by atoms with Crippen molar-refractivity contribution in [2.45, 2.75) is 9.79 Å². The molecule has 1 rings (SSSR count). The van der Waals surface area contributed by atoms with Crippen LogP contribution in [-0.4, -0.2) is 16.8 Å². The minimum atomic E-state index is -4.07. The molecule has 0 saturated carbocycles. The molecule has 0 radical (unpaired) electrons. The van der Waals surface area contributed by atoms with Gasteiger partial charge in [-0.2, -0.15) is 0 Å². The predicted molar refractivity (Wildman–Crippen MR) is 59.2 cm³/mol. The van der Waals surface area contributed by atoms with Gasteiger partial charge in [0.25, 0.3) is 0 Å². The Kier molecular flexibility index (Phi) is 3.53. The summed E-state index contributed by atoms with van der Waals surface area (Å²) in [6.07, 6.45) is 0. The van der Waals surface area contributed by atoms with E-state index >= 15 is 0 Å². The van der Waals surface area contributed by atoms with Gasteiger partial charge in [0.1, 0.15) is 9.79 Å². The zero-order valence-electron chi connectivity index (χ0n) is 7.51. The monoisotopic (exact) mass is 304 g/mol. The molecule has 0 bridgehead atoms. The molecule has 0 atom stereocenters. The number of nitrogens with two attached hydrogens (primary N) is 2. The number of hydrogen-bond acceptors (Lipinski definition) is 4. The van der Waals surface area contributed by atoms with Crippen LogP contribution in [0.15, 0.2) is 21.9 Å². The molecule has 4 N–H and O–H groups in total. The molecule has 10 heteroatoms. The first-order valence-corrected chi connectivity index (χ1v) is 7.43. The van der Waals surface area contributed by atoms with Crippen LogP contribution in [0.3, 0.4) is 0 Å². The summed E-state index contributed by atoms with van der Waals surface area (Å²) in [5.74, 6) is 0. The van der Waals surface area contributed by atoms with E-state index in [9.17, 15) is 16.8 Å². The number of halogens is 2. The molecule has 1 aromatic carbocycles. The molecular formula is C6H6Cl2N2O4S2. The molecule has 16 heavy (non-hydrogen) atoms. The maximum atomic E-state index is 11.0. The Bertz CT molecular complexity index is 581. The minimum absolute atomic E-state index is 0.365. The average Bonchev–Trinajstić information content (AvgIpc) is 2.04. The highest BCUT2D eigenvalue weighted by molar-refractivity contribution is 7.89. The second kappa shape index (κ2) is 4.13. The summed E-state index contributed by atoms with van der Waals surface area (Å²) in [6, 6.07) is 1.66. The van der Waals surface area contributed by atoms with E-state index in [-0.39, 0.29) is 10.0 Å². The van der Waals surface area contributed by atoms with Gasteiger partial charge in [0, 0.05) is 0 Å². The third-order valence-electron chi connectivity index (χ3n) is 1.60. The van der Waals surface area contributed by atoms with Crippen molar-refractivity contribution < 1.29 is 16.8 Å².